The molecular weight excluding hydrogens is 224 g/mol. The molecule has 2 heteroatoms. The van der Waals surface area contributed by atoms with E-state index in [-0.39, 0.29) is 5.78 Å². The van der Waals surface area contributed by atoms with Gasteiger partial charge in [-0.2, -0.15) is 0 Å². The number of rotatable bonds is 8. The van der Waals surface area contributed by atoms with E-state index >= 15 is 0 Å². The quantitative estimate of drug-likeness (QED) is 0.511. The molecule has 0 aliphatic carbocycles. The van der Waals surface area contributed by atoms with Gasteiger partial charge in [-0.1, -0.05) is 38.0 Å². The van der Waals surface area contributed by atoms with Gasteiger partial charge in [-0.15, -0.1) is 0 Å². The maximum atomic E-state index is 11.7. The number of hydrogen-bond donors (Lipinski definition) is 0. The van der Waals surface area contributed by atoms with Gasteiger partial charge >= 0.3 is 0 Å². The van der Waals surface area contributed by atoms with Gasteiger partial charge in [-0.05, 0) is 37.1 Å². The average Bonchev–Trinajstić information content (AvgIpc) is 2.40. The Morgan fingerprint density at radius 3 is 2.67 bits per heavy atom. The number of ether oxygens (including phenoxy) is 1. The zero-order valence-corrected chi connectivity index (χ0v) is 11.0. The van der Waals surface area contributed by atoms with Gasteiger partial charge in [0.1, 0.15) is 12.4 Å². The third-order valence-corrected chi connectivity index (χ3v) is 2.73. The first-order chi connectivity index (χ1) is 8.74. The molecule has 0 amide bonds. The van der Waals surface area contributed by atoms with Crippen LogP contribution in [0.2, 0.25) is 0 Å². The van der Waals surface area contributed by atoms with Gasteiger partial charge in [0.2, 0.25) is 0 Å². The molecule has 0 N–H and O–H groups in total. The van der Waals surface area contributed by atoms with Gasteiger partial charge in [0.15, 0.2) is 5.78 Å². The van der Waals surface area contributed by atoms with E-state index in [0.717, 1.165) is 30.6 Å². The highest BCUT2D eigenvalue weighted by atomic mass is 16.5. The first-order valence-electron chi connectivity index (χ1n) is 6.41. The van der Waals surface area contributed by atoms with Crippen molar-refractivity contribution in [2.24, 2.45) is 0 Å². The average molecular weight is 245 g/mol. The molecule has 0 heterocycles. The Hall–Kier alpha value is -1.57. The fraction of sp³-hybridized carbons (Fsp3) is 0.375. The predicted octanol–water partition coefficient (Wildman–Crippen LogP) is 3.98. The Kier molecular flexibility index (Phi) is 6.85. The highest BCUT2D eigenvalue weighted by molar-refractivity contribution is 5.94. The molecule has 1 rings (SSSR count). The van der Waals surface area contributed by atoms with Crippen LogP contribution in [0.1, 0.15) is 32.6 Å². The molecule has 0 saturated heterocycles. The van der Waals surface area contributed by atoms with Crippen molar-refractivity contribution in [1.82, 2.24) is 0 Å². The van der Waals surface area contributed by atoms with Crippen LogP contribution in [-0.2, 0) is 4.79 Å². The van der Waals surface area contributed by atoms with Crippen molar-refractivity contribution in [3.8, 4) is 5.75 Å². The Bertz CT molecular complexity index is 379. The van der Waals surface area contributed by atoms with Crippen LogP contribution in [0.3, 0.4) is 0 Å². The van der Waals surface area contributed by atoms with E-state index in [9.17, 15) is 4.79 Å². The highest BCUT2D eigenvalue weighted by Gasteiger charge is 2.03. The molecule has 97 valence electrons. The van der Waals surface area contributed by atoms with Crippen LogP contribution >= 0.6 is 0 Å². The van der Waals surface area contributed by atoms with Gasteiger partial charge in [0.25, 0.3) is 0 Å². The molecule has 0 fully saturated rings. The minimum atomic E-state index is 0.208. The Labute approximate surface area is 110 Å². The lowest BCUT2D eigenvalue weighted by atomic mass is 10.1. The maximum absolute atomic E-state index is 11.7. The Morgan fingerprint density at radius 1 is 1.28 bits per heavy atom. The second-order valence-electron chi connectivity index (χ2n) is 4.25. The molecule has 0 bridgehead atoms. The van der Waals surface area contributed by atoms with Gasteiger partial charge < -0.3 is 4.74 Å². The van der Waals surface area contributed by atoms with E-state index in [4.69, 9.17) is 4.74 Å². The number of benzene rings is 1. The van der Waals surface area contributed by atoms with E-state index in [1.165, 1.54) is 0 Å². The largest absolute Gasteiger partial charge is 0.490 e. The molecule has 1 aromatic rings. The van der Waals surface area contributed by atoms with Crippen molar-refractivity contribution in [1.29, 1.82) is 0 Å². The lowest BCUT2D eigenvalue weighted by Gasteiger charge is -2.04. The fourth-order valence-corrected chi connectivity index (χ4v) is 1.55. The molecule has 0 aromatic heterocycles. The standard InChI is InChI=1S/C16H21O2/c1-3-4-6-11-16(17)14(2)12-13-18-15-9-7-5-8-10-15/h5,7-10,12H,1,3-4,6,11,13H2,2H3/b14-12+. The summed E-state index contributed by atoms with van der Waals surface area (Å²) in [6.07, 6.45) is 5.29. The van der Waals surface area contributed by atoms with Crippen molar-refractivity contribution in [3.05, 3.63) is 48.9 Å². The van der Waals surface area contributed by atoms with Crippen molar-refractivity contribution >= 4 is 5.78 Å². The zero-order valence-electron chi connectivity index (χ0n) is 11.0. The molecule has 0 unspecified atom stereocenters. The summed E-state index contributed by atoms with van der Waals surface area (Å²) in [7, 11) is 0. The van der Waals surface area contributed by atoms with E-state index in [1.807, 2.05) is 43.3 Å². The van der Waals surface area contributed by atoms with Crippen molar-refractivity contribution in [2.75, 3.05) is 6.61 Å². The second kappa shape index (κ2) is 8.51. The van der Waals surface area contributed by atoms with Gasteiger partial charge in [-0.25, -0.2) is 0 Å². The summed E-state index contributed by atoms with van der Waals surface area (Å²) in [5, 5.41) is 0. The number of para-hydroxylation sites is 1. The monoisotopic (exact) mass is 245 g/mol. The van der Waals surface area contributed by atoms with Crippen LogP contribution < -0.4 is 4.74 Å². The van der Waals surface area contributed by atoms with Crippen molar-refractivity contribution in [3.63, 3.8) is 0 Å². The molecule has 18 heavy (non-hydrogen) atoms. The molecular formula is C16H21O2. The topological polar surface area (TPSA) is 26.3 Å². The number of carbonyl (C=O) groups excluding carboxylic acids is 1. The normalized spacial score (nSPS) is 11.3. The summed E-state index contributed by atoms with van der Waals surface area (Å²) >= 11 is 0. The smallest absolute Gasteiger partial charge is 0.158 e. The van der Waals surface area contributed by atoms with E-state index in [0.29, 0.717) is 13.0 Å². The van der Waals surface area contributed by atoms with Crippen LogP contribution in [0.5, 0.6) is 5.75 Å². The van der Waals surface area contributed by atoms with Crippen LogP contribution in [0.25, 0.3) is 0 Å². The van der Waals surface area contributed by atoms with Crippen molar-refractivity contribution < 1.29 is 9.53 Å². The van der Waals surface area contributed by atoms with E-state index in [1.54, 1.807) is 0 Å². The number of ketones is 1. The SMILES string of the molecule is [CH2]CCCCC(=O)/C(C)=C/COc1ccccc1. The summed E-state index contributed by atoms with van der Waals surface area (Å²) < 4.78 is 5.51. The van der Waals surface area contributed by atoms with Gasteiger partial charge in [0.05, 0.1) is 0 Å². The van der Waals surface area contributed by atoms with Crippen LogP contribution in [0, 0.1) is 6.92 Å². The van der Waals surface area contributed by atoms with Crippen LogP contribution in [0.15, 0.2) is 42.0 Å². The molecule has 0 aliphatic heterocycles. The lowest BCUT2D eigenvalue weighted by molar-refractivity contribution is -0.115. The van der Waals surface area contributed by atoms with Crippen LogP contribution in [0.4, 0.5) is 0 Å². The minimum Gasteiger partial charge on any atom is -0.490 e. The van der Waals surface area contributed by atoms with Crippen molar-refractivity contribution in [2.45, 2.75) is 32.6 Å². The number of carbonyl (C=O) groups is 1. The molecule has 0 saturated carbocycles. The molecule has 0 aliphatic rings. The Balaban J connectivity index is 2.30. The molecule has 2 nitrogen and oxygen atoms in total. The number of allylic oxidation sites excluding steroid dienone is 1. The summed E-state index contributed by atoms with van der Waals surface area (Å²) in [5.41, 5.74) is 0.787. The predicted molar refractivity (Wildman–Crippen MR) is 74.5 cm³/mol. The summed E-state index contributed by atoms with van der Waals surface area (Å²) in [6, 6.07) is 9.60. The third-order valence-electron chi connectivity index (χ3n) is 2.73. The minimum absolute atomic E-state index is 0.208. The first kappa shape index (κ1) is 14.5. The van der Waals surface area contributed by atoms with Gasteiger partial charge in [-0.3, -0.25) is 4.79 Å². The molecule has 1 aromatic carbocycles. The maximum Gasteiger partial charge on any atom is 0.158 e. The van der Waals surface area contributed by atoms with E-state index < -0.39 is 0 Å². The van der Waals surface area contributed by atoms with Gasteiger partial charge in [0, 0.05) is 6.42 Å². The molecule has 0 spiro atoms. The summed E-state index contributed by atoms with van der Waals surface area (Å²) in [4.78, 5) is 11.7. The fourth-order valence-electron chi connectivity index (χ4n) is 1.55. The van der Waals surface area contributed by atoms with E-state index in [2.05, 4.69) is 6.92 Å². The summed E-state index contributed by atoms with van der Waals surface area (Å²) in [6.45, 7) is 6.05. The zero-order chi connectivity index (χ0) is 13.2. The highest BCUT2D eigenvalue weighted by Crippen LogP contribution is 2.09. The number of hydrogen-bond acceptors (Lipinski definition) is 2. The number of unbranched alkanes of at least 4 members (excludes halogenated alkanes) is 2. The first-order valence-corrected chi connectivity index (χ1v) is 6.41. The molecule has 0 atom stereocenters. The van der Waals surface area contributed by atoms with Crippen LogP contribution in [-0.4, -0.2) is 12.4 Å². The molecule has 1 radical (unpaired) electrons. The second-order valence-corrected chi connectivity index (χ2v) is 4.25. The Morgan fingerprint density at radius 2 is 2.00 bits per heavy atom. The number of Topliss-reactive ketones (excluding diaryl/α,β-unsaturated/α-hetero) is 1. The lowest BCUT2D eigenvalue weighted by Crippen LogP contribution is -2.02. The third kappa shape index (κ3) is 5.67. The summed E-state index contributed by atoms with van der Waals surface area (Å²) in [5.74, 6) is 1.03.